The van der Waals surface area contributed by atoms with Crippen LogP contribution in [0, 0.1) is 0 Å². The molecular weight excluding hydrogens is 220 g/mol. The van der Waals surface area contributed by atoms with E-state index in [2.05, 4.69) is 0 Å². The predicted molar refractivity (Wildman–Crippen MR) is 50.9 cm³/mol. The molecule has 0 aromatic rings. The third-order valence-electron chi connectivity index (χ3n) is 2.34. The lowest BCUT2D eigenvalue weighted by Gasteiger charge is -2.38. The molecule has 0 bridgehead atoms. The van der Waals surface area contributed by atoms with Crippen molar-refractivity contribution in [3.05, 3.63) is 0 Å². The Labute approximate surface area is 92.9 Å². The summed E-state index contributed by atoms with van der Waals surface area (Å²) in [5.41, 5.74) is 0. The van der Waals surface area contributed by atoms with Crippen molar-refractivity contribution in [1.29, 1.82) is 0 Å². The van der Waals surface area contributed by atoms with Gasteiger partial charge in [0.15, 0.2) is 6.29 Å². The Kier molecular flexibility index (Phi) is 5.10. The Balaban J connectivity index is 2.60. The van der Waals surface area contributed by atoms with Crippen LogP contribution in [-0.4, -0.2) is 68.2 Å². The SMILES string of the molecule is CO[C@@H]1OC[C@@H](OC)C(O)[C@@H]1OCC(=O)O. The zero-order valence-corrected chi connectivity index (χ0v) is 9.16. The van der Waals surface area contributed by atoms with Crippen LogP contribution in [-0.2, 0) is 23.7 Å². The Bertz CT molecular complexity index is 232. The molecule has 0 amide bonds. The van der Waals surface area contributed by atoms with Gasteiger partial charge in [-0.15, -0.1) is 0 Å². The minimum absolute atomic E-state index is 0.170. The van der Waals surface area contributed by atoms with Crippen molar-refractivity contribution in [2.45, 2.75) is 24.6 Å². The molecule has 7 heteroatoms. The summed E-state index contributed by atoms with van der Waals surface area (Å²) in [6, 6.07) is 0. The van der Waals surface area contributed by atoms with Crippen molar-refractivity contribution in [2.24, 2.45) is 0 Å². The Morgan fingerprint density at radius 2 is 2.12 bits per heavy atom. The van der Waals surface area contributed by atoms with E-state index in [1.54, 1.807) is 0 Å². The van der Waals surface area contributed by atoms with Crippen molar-refractivity contribution in [2.75, 3.05) is 27.4 Å². The second-order valence-electron chi connectivity index (χ2n) is 3.37. The summed E-state index contributed by atoms with van der Waals surface area (Å²) < 4.78 is 20.2. The number of hydrogen-bond acceptors (Lipinski definition) is 6. The number of ether oxygens (including phenoxy) is 4. The molecule has 0 radical (unpaired) electrons. The van der Waals surface area contributed by atoms with Crippen LogP contribution in [0.2, 0.25) is 0 Å². The predicted octanol–water partition coefficient (Wildman–Crippen LogP) is -1.17. The largest absolute Gasteiger partial charge is 0.480 e. The molecule has 1 heterocycles. The van der Waals surface area contributed by atoms with Crippen LogP contribution >= 0.6 is 0 Å². The van der Waals surface area contributed by atoms with Crippen molar-refractivity contribution in [3.8, 4) is 0 Å². The molecular formula is C9H16O7. The molecule has 1 unspecified atom stereocenters. The third kappa shape index (κ3) is 3.13. The number of aliphatic hydroxyl groups is 1. The van der Waals surface area contributed by atoms with E-state index in [0.717, 1.165) is 0 Å². The summed E-state index contributed by atoms with van der Waals surface area (Å²) in [6.45, 7) is -0.357. The van der Waals surface area contributed by atoms with E-state index < -0.39 is 37.2 Å². The van der Waals surface area contributed by atoms with Gasteiger partial charge in [-0.25, -0.2) is 4.79 Å². The zero-order valence-electron chi connectivity index (χ0n) is 9.16. The van der Waals surface area contributed by atoms with Gasteiger partial charge >= 0.3 is 5.97 Å². The highest BCUT2D eigenvalue weighted by molar-refractivity contribution is 5.68. The summed E-state index contributed by atoms with van der Waals surface area (Å²) >= 11 is 0. The molecule has 0 aromatic heterocycles. The second kappa shape index (κ2) is 6.12. The molecule has 1 saturated heterocycles. The molecule has 0 aromatic carbocycles. The monoisotopic (exact) mass is 236 g/mol. The van der Waals surface area contributed by atoms with E-state index in [9.17, 15) is 9.90 Å². The lowest BCUT2D eigenvalue weighted by Crippen LogP contribution is -2.55. The van der Waals surface area contributed by atoms with Crippen LogP contribution in [0.15, 0.2) is 0 Å². The molecule has 16 heavy (non-hydrogen) atoms. The molecule has 7 nitrogen and oxygen atoms in total. The van der Waals surface area contributed by atoms with Crippen molar-refractivity contribution >= 4 is 5.97 Å². The first-order chi connectivity index (χ1) is 7.60. The molecule has 0 saturated carbocycles. The maximum Gasteiger partial charge on any atom is 0.329 e. The highest BCUT2D eigenvalue weighted by Crippen LogP contribution is 2.20. The molecule has 1 fully saturated rings. The van der Waals surface area contributed by atoms with Gasteiger partial charge in [0, 0.05) is 14.2 Å². The molecule has 1 rings (SSSR count). The lowest BCUT2D eigenvalue weighted by atomic mass is 10.1. The first-order valence-electron chi connectivity index (χ1n) is 4.78. The first-order valence-corrected chi connectivity index (χ1v) is 4.78. The van der Waals surface area contributed by atoms with E-state index in [1.165, 1.54) is 14.2 Å². The van der Waals surface area contributed by atoms with E-state index in [1.807, 2.05) is 0 Å². The summed E-state index contributed by atoms with van der Waals surface area (Å²) in [7, 11) is 2.82. The molecule has 0 spiro atoms. The van der Waals surface area contributed by atoms with Gasteiger partial charge in [-0.05, 0) is 0 Å². The number of methoxy groups -OCH3 is 2. The zero-order chi connectivity index (χ0) is 12.1. The van der Waals surface area contributed by atoms with Crippen LogP contribution in [0.3, 0.4) is 0 Å². The summed E-state index contributed by atoms with van der Waals surface area (Å²) in [5, 5.41) is 18.3. The Morgan fingerprint density at radius 1 is 1.44 bits per heavy atom. The maximum absolute atomic E-state index is 10.4. The fourth-order valence-electron chi connectivity index (χ4n) is 1.51. The highest BCUT2D eigenvalue weighted by Gasteiger charge is 2.41. The summed E-state index contributed by atoms with van der Waals surface area (Å²) in [5.74, 6) is -1.12. The molecule has 94 valence electrons. The number of aliphatic carboxylic acids is 1. The molecule has 4 atom stereocenters. The van der Waals surface area contributed by atoms with Crippen LogP contribution in [0.1, 0.15) is 0 Å². The van der Waals surface area contributed by atoms with Crippen molar-refractivity contribution < 1.29 is 34.0 Å². The molecule has 1 aliphatic heterocycles. The Morgan fingerprint density at radius 3 is 2.62 bits per heavy atom. The van der Waals surface area contributed by atoms with E-state index in [4.69, 9.17) is 24.1 Å². The number of aliphatic hydroxyl groups excluding tert-OH is 1. The van der Waals surface area contributed by atoms with Crippen LogP contribution < -0.4 is 0 Å². The van der Waals surface area contributed by atoms with E-state index >= 15 is 0 Å². The lowest BCUT2D eigenvalue weighted by molar-refractivity contribution is -0.276. The number of carboxylic acids is 1. The topological polar surface area (TPSA) is 94.5 Å². The average molecular weight is 236 g/mol. The molecule has 2 N–H and O–H groups in total. The summed E-state index contributed by atoms with van der Waals surface area (Å²) in [4.78, 5) is 10.4. The smallest absolute Gasteiger partial charge is 0.329 e. The fraction of sp³-hybridized carbons (Fsp3) is 0.889. The fourth-order valence-corrected chi connectivity index (χ4v) is 1.51. The standard InChI is InChI=1S/C9H16O7/c1-13-5-3-16-9(14-2)8(7(5)12)15-4-6(10)11/h5,7-9,12H,3-4H2,1-2H3,(H,10,11)/t5-,7?,8+,9-/m1/s1. The van der Waals surface area contributed by atoms with Gasteiger partial charge in [0.1, 0.15) is 24.9 Å². The summed E-state index contributed by atoms with van der Waals surface area (Å²) in [6.07, 6.45) is -3.20. The Hall–Kier alpha value is -0.730. The maximum atomic E-state index is 10.4. The minimum atomic E-state index is -1.12. The van der Waals surface area contributed by atoms with Gasteiger partial charge in [-0.1, -0.05) is 0 Å². The van der Waals surface area contributed by atoms with E-state index in [0.29, 0.717) is 0 Å². The van der Waals surface area contributed by atoms with Crippen molar-refractivity contribution in [1.82, 2.24) is 0 Å². The molecule has 1 aliphatic rings. The quantitative estimate of drug-likeness (QED) is 0.621. The van der Waals surface area contributed by atoms with Gasteiger partial charge in [-0.3, -0.25) is 0 Å². The highest BCUT2D eigenvalue weighted by atomic mass is 16.7. The van der Waals surface area contributed by atoms with Crippen LogP contribution in [0.25, 0.3) is 0 Å². The van der Waals surface area contributed by atoms with Crippen molar-refractivity contribution in [3.63, 3.8) is 0 Å². The number of carbonyl (C=O) groups is 1. The number of rotatable bonds is 5. The third-order valence-corrected chi connectivity index (χ3v) is 2.34. The van der Waals surface area contributed by atoms with Gasteiger partial charge < -0.3 is 29.2 Å². The normalized spacial score (nSPS) is 34.9. The van der Waals surface area contributed by atoms with Crippen LogP contribution in [0.5, 0.6) is 0 Å². The number of hydrogen-bond donors (Lipinski definition) is 2. The van der Waals surface area contributed by atoms with Gasteiger partial charge in [0.25, 0.3) is 0 Å². The van der Waals surface area contributed by atoms with E-state index in [-0.39, 0.29) is 6.61 Å². The molecule has 0 aliphatic carbocycles. The second-order valence-corrected chi connectivity index (χ2v) is 3.37. The number of carboxylic acid groups (broad SMARTS) is 1. The average Bonchev–Trinajstić information content (AvgIpc) is 2.26. The van der Waals surface area contributed by atoms with Gasteiger partial charge in [0.05, 0.1) is 6.61 Å². The van der Waals surface area contributed by atoms with Gasteiger partial charge in [-0.2, -0.15) is 0 Å². The first kappa shape index (κ1) is 13.3. The van der Waals surface area contributed by atoms with Gasteiger partial charge in [0.2, 0.25) is 0 Å². The minimum Gasteiger partial charge on any atom is -0.480 e. The van der Waals surface area contributed by atoms with Crippen LogP contribution in [0.4, 0.5) is 0 Å².